The molecule has 7 nitrogen and oxygen atoms in total. The maximum absolute atomic E-state index is 12.9. The number of nitrogens with zero attached hydrogens (tertiary/aromatic N) is 3. The van der Waals surface area contributed by atoms with Crippen LogP contribution >= 0.6 is 15.9 Å². The second-order valence-corrected chi connectivity index (χ2v) is 6.04. The van der Waals surface area contributed by atoms with Gasteiger partial charge in [0.2, 0.25) is 0 Å². The number of hydrogen-bond donors (Lipinski definition) is 1. The quantitative estimate of drug-likeness (QED) is 0.672. The van der Waals surface area contributed by atoms with Crippen LogP contribution in [0.1, 0.15) is 22.8 Å². The topological polar surface area (TPSA) is 94.3 Å². The summed E-state index contributed by atoms with van der Waals surface area (Å²) in [6.45, 7) is 1.89. The van der Waals surface area contributed by atoms with Crippen LogP contribution in [0.2, 0.25) is 0 Å². The molecule has 0 amide bonds. The van der Waals surface area contributed by atoms with Crippen molar-refractivity contribution < 1.29 is 14.6 Å². The summed E-state index contributed by atoms with van der Waals surface area (Å²) in [7, 11) is 0. The molecule has 3 rings (SSSR count). The van der Waals surface area contributed by atoms with Gasteiger partial charge in [0.15, 0.2) is 5.56 Å². The van der Waals surface area contributed by atoms with Gasteiger partial charge in [-0.1, -0.05) is 0 Å². The number of aromatic hydroxyl groups is 1. The molecule has 0 aromatic carbocycles. The summed E-state index contributed by atoms with van der Waals surface area (Å²) in [5.41, 5.74) is 0.00498. The Bertz CT molecular complexity index is 1000. The second kappa shape index (κ2) is 7.02. The minimum Gasteiger partial charge on any atom is -0.506 e. The number of halogens is 1. The van der Waals surface area contributed by atoms with Crippen molar-refractivity contribution in [2.45, 2.75) is 13.5 Å². The molecule has 0 atom stereocenters. The third-order valence-electron chi connectivity index (χ3n) is 3.64. The predicted octanol–water partition coefficient (Wildman–Crippen LogP) is 2.48. The van der Waals surface area contributed by atoms with Crippen LogP contribution in [0.4, 0.5) is 0 Å². The number of esters is 1. The van der Waals surface area contributed by atoms with Gasteiger partial charge >= 0.3 is 5.97 Å². The normalized spacial score (nSPS) is 10.8. The van der Waals surface area contributed by atoms with Gasteiger partial charge in [-0.25, -0.2) is 9.78 Å². The largest absolute Gasteiger partial charge is 0.506 e. The zero-order valence-electron chi connectivity index (χ0n) is 13.3. The molecule has 0 saturated carbocycles. The van der Waals surface area contributed by atoms with Gasteiger partial charge in [0, 0.05) is 23.1 Å². The van der Waals surface area contributed by atoms with Gasteiger partial charge in [-0.2, -0.15) is 0 Å². The van der Waals surface area contributed by atoms with Crippen molar-refractivity contribution in [3.63, 3.8) is 0 Å². The van der Waals surface area contributed by atoms with Gasteiger partial charge in [0.1, 0.15) is 11.4 Å². The zero-order chi connectivity index (χ0) is 18.0. The number of rotatable bonds is 4. The summed E-state index contributed by atoms with van der Waals surface area (Å²) >= 11 is 3.34. The molecule has 0 unspecified atom stereocenters. The van der Waals surface area contributed by atoms with E-state index in [1.165, 1.54) is 10.8 Å². The van der Waals surface area contributed by atoms with Gasteiger partial charge in [0.25, 0.3) is 5.56 Å². The zero-order valence-corrected chi connectivity index (χ0v) is 14.9. The first-order valence-corrected chi connectivity index (χ1v) is 8.29. The summed E-state index contributed by atoms with van der Waals surface area (Å²) in [5.74, 6) is -1.31. The van der Waals surface area contributed by atoms with E-state index in [0.29, 0.717) is 4.47 Å². The van der Waals surface area contributed by atoms with E-state index in [-0.39, 0.29) is 24.2 Å². The van der Waals surface area contributed by atoms with Crippen LogP contribution in [0.15, 0.2) is 46.1 Å². The molecular formula is C17H14BrN3O4. The first-order chi connectivity index (χ1) is 12.0. The molecule has 0 bridgehead atoms. The Balaban J connectivity index is 2.33. The Morgan fingerprint density at radius 2 is 2.00 bits per heavy atom. The number of carbonyl (C=O) groups excluding carboxylic acids is 1. The molecule has 0 saturated heterocycles. The fourth-order valence-corrected chi connectivity index (χ4v) is 3.00. The lowest BCUT2D eigenvalue weighted by molar-refractivity contribution is 0.0520. The Labute approximate surface area is 151 Å². The average molecular weight is 404 g/mol. The van der Waals surface area contributed by atoms with Crippen LogP contribution in [0.25, 0.3) is 11.0 Å². The van der Waals surface area contributed by atoms with Crippen LogP contribution in [-0.4, -0.2) is 32.2 Å². The molecule has 0 aliphatic rings. The SMILES string of the molecule is CCOC(=O)c1c(O)c2c(Br)ccnc2n(Cc2ccncc2)c1=O. The van der Waals surface area contributed by atoms with Gasteiger partial charge in [-0.15, -0.1) is 0 Å². The minimum atomic E-state index is -0.869. The lowest BCUT2D eigenvalue weighted by atomic mass is 10.1. The summed E-state index contributed by atoms with van der Waals surface area (Å²) in [6, 6.07) is 5.14. The number of pyridine rings is 3. The predicted molar refractivity (Wildman–Crippen MR) is 94.7 cm³/mol. The lowest BCUT2D eigenvalue weighted by Gasteiger charge is -2.14. The fourth-order valence-electron chi connectivity index (χ4n) is 2.51. The van der Waals surface area contributed by atoms with Gasteiger partial charge < -0.3 is 9.84 Å². The van der Waals surface area contributed by atoms with Crippen molar-refractivity contribution in [3.05, 3.63) is 62.7 Å². The minimum absolute atomic E-state index is 0.0916. The molecule has 25 heavy (non-hydrogen) atoms. The summed E-state index contributed by atoms with van der Waals surface area (Å²) in [4.78, 5) is 33.2. The summed E-state index contributed by atoms with van der Waals surface area (Å²) in [5, 5.41) is 10.8. The van der Waals surface area contributed by atoms with E-state index in [0.717, 1.165) is 5.56 Å². The van der Waals surface area contributed by atoms with Crippen molar-refractivity contribution >= 4 is 32.9 Å². The standard InChI is InChI=1S/C17H14BrN3O4/c1-2-25-17(24)13-14(22)12-11(18)5-8-20-15(12)21(16(13)23)9-10-3-6-19-7-4-10/h3-8,22H,2,9H2,1H3. The molecule has 1 N–H and O–H groups in total. The van der Waals surface area contributed by atoms with E-state index in [2.05, 4.69) is 25.9 Å². The molecule has 0 fully saturated rings. The molecule has 3 aromatic heterocycles. The number of hydrogen-bond acceptors (Lipinski definition) is 6. The molecule has 0 aliphatic carbocycles. The third-order valence-corrected chi connectivity index (χ3v) is 4.30. The van der Waals surface area contributed by atoms with Crippen molar-refractivity contribution in [2.75, 3.05) is 6.61 Å². The van der Waals surface area contributed by atoms with Gasteiger partial charge in [0.05, 0.1) is 18.5 Å². The Kier molecular flexibility index (Phi) is 4.80. The molecular weight excluding hydrogens is 390 g/mol. The van der Waals surface area contributed by atoms with Crippen LogP contribution in [-0.2, 0) is 11.3 Å². The first kappa shape index (κ1) is 17.1. The van der Waals surface area contributed by atoms with Crippen LogP contribution in [0.5, 0.6) is 5.75 Å². The van der Waals surface area contributed by atoms with Crippen LogP contribution < -0.4 is 5.56 Å². The maximum atomic E-state index is 12.9. The van der Waals surface area contributed by atoms with E-state index in [1.807, 2.05) is 0 Å². The lowest BCUT2D eigenvalue weighted by Crippen LogP contribution is -2.29. The second-order valence-electron chi connectivity index (χ2n) is 5.18. The average Bonchev–Trinajstić information content (AvgIpc) is 2.59. The van der Waals surface area contributed by atoms with E-state index in [9.17, 15) is 14.7 Å². The highest BCUT2D eigenvalue weighted by atomic mass is 79.9. The molecule has 0 aliphatic heterocycles. The molecule has 0 radical (unpaired) electrons. The van der Waals surface area contributed by atoms with Crippen molar-refractivity contribution in [1.82, 2.24) is 14.5 Å². The molecule has 3 aromatic rings. The highest BCUT2D eigenvalue weighted by Gasteiger charge is 2.25. The van der Waals surface area contributed by atoms with Crippen molar-refractivity contribution in [2.24, 2.45) is 0 Å². The number of aromatic nitrogens is 3. The number of carbonyl (C=O) groups is 1. The van der Waals surface area contributed by atoms with Gasteiger partial charge in [-0.3, -0.25) is 14.3 Å². The van der Waals surface area contributed by atoms with E-state index in [4.69, 9.17) is 4.74 Å². The number of fused-ring (bicyclic) bond motifs is 1. The van der Waals surface area contributed by atoms with E-state index < -0.39 is 22.8 Å². The smallest absolute Gasteiger partial charge is 0.347 e. The van der Waals surface area contributed by atoms with Crippen LogP contribution in [0.3, 0.4) is 0 Å². The van der Waals surface area contributed by atoms with Crippen LogP contribution in [0, 0.1) is 0 Å². The Morgan fingerprint density at radius 3 is 2.68 bits per heavy atom. The highest BCUT2D eigenvalue weighted by Crippen LogP contribution is 2.32. The van der Waals surface area contributed by atoms with E-state index >= 15 is 0 Å². The molecule has 3 heterocycles. The Morgan fingerprint density at radius 1 is 1.28 bits per heavy atom. The summed E-state index contributed by atoms with van der Waals surface area (Å²) < 4.78 is 6.78. The third kappa shape index (κ3) is 3.12. The number of ether oxygens (including phenoxy) is 1. The first-order valence-electron chi connectivity index (χ1n) is 7.50. The van der Waals surface area contributed by atoms with E-state index in [1.54, 1.807) is 37.5 Å². The maximum Gasteiger partial charge on any atom is 0.347 e. The molecule has 0 spiro atoms. The van der Waals surface area contributed by atoms with Crippen molar-refractivity contribution in [3.8, 4) is 5.75 Å². The molecule has 8 heteroatoms. The fraction of sp³-hybridized carbons (Fsp3) is 0.176. The summed E-state index contributed by atoms with van der Waals surface area (Å²) in [6.07, 6.45) is 4.73. The monoisotopic (exact) mass is 403 g/mol. The highest BCUT2D eigenvalue weighted by molar-refractivity contribution is 9.10. The van der Waals surface area contributed by atoms with Crippen molar-refractivity contribution in [1.29, 1.82) is 0 Å². The van der Waals surface area contributed by atoms with Gasteiger partial charge in [-0.05, 0) is 46.6 Å². The Hall–Kier alpha value is -2.74. The molecule has 128 valence electrons.